The van der Waals surface area contributed by atoms with Gasteiger partial charge in [-0.2, -0.15) is 13.2 Å². The lowest BCUT2D eigenvalue weighted by Gasteiger charge is -2.11. The van der Waals surface area contributed by atoms with Crippen LogP contribution in [-0.4, -0.2) is 5.78 Å². The minimum atomic E-state index is -4.47. The van der Waals surface area contributed by atoms with Gasteiger partial charge in [0.1, 0.15) is 0 Å². The van der Waals surface area contributed by atoms with Gasteiger partial charge in [0.2, 0.25) is 0 Å². The van der Waals surface area contributed by atoms with Crippen LogP contribution in [0.3, 0.4) is 0 Å². The van der Waals surface area contributed by atoms with Gasteiger partial charge in [0.25, 0.3) is 0 Å². The van der Waals surface area contributed by atoms with Crippen molar-refractivity contribution < 1.29 is 18.0 Å². The first kappa shape index (κ1) is 12.7. The molecular formula is C9H5Br2F3O. The van der Waals surface area contributed by atoms with E-state index in [0.29, 0.717) is 4.47 Å². The average Bonchev–Trinajstić information content (AvgIpc) is 2.00. The second kappa shape index (κ2) is 4.25. The number of hydrogen-bond acceptors (Lipinski definition) is 1. The molecule has 82 valence electrons. The minimum absolute atomic E-state index is 0.0190. The van der Waals surface area contributed by atoms with Gasteiger partial charge in [-0.05, 0) is 19.1 Å². The van der Waals surface area contributed by atoms with Crippen LogP contribution < -0.4 is 0 Å². The predicted octanol–water partition coefficient (Wildman–Crippen LogP) is 4.43. The summed E-state index contributed by atoms with van der Waals surface area (Å²) in [5, 5.41) is 0. The summed E-state index contributed by atoms with van der Waals surface area (Å²) >= 11 is 5.84. The summed E-state index contributed by atoms with van der Waals surface area (Å²) in [6, 6.07) is 2.05. The molecule has 1 aromatic rings. The molecule has 1 rings (SSSR count). The molecule has 0 fully saturated rings. The molecule has 1 aromatic carbocycles. The topological polar surface area (TPSA) is 17.1 Å². The molecule has 0 heterocycles. The van der Waals surface area contributed by atoms with Crippen LogP contribution in [0.2, 0.25) is 0 Å². The maximum Gasteiger partial charge on any atom is 0.417 e. The number of benzene rings is 1. The molecule has 0 aliphatic carbocycles. The Bertz CT molecular complexity index is 413. The molecule has 0 saturated carbocycles. The number of alkyl halides is 3. The van der Waals surface area contributed by atoms with E-state index in [1.54, 1.807) is 0 Å². The highest BCUT2D eigenvalue weighted by Crippen LogP contribution is 2.37. The molecule has 15 heavy (non-hydrogen) atoms. The Morgan fingerprint density at radius 3 is 2.13 bits per heavy atom. The van der Waals surface area contributed by atoms with Crippen LogP contribution in [0.25, 0.3) is 0 Å². The van der Waals surface area contributed by atoms with Crippen LogP contribution in [0.15, 0.2) is 21.1 Å². The Labute approximate surface area is 101 Å². The summed E-state index contributed by atoms with van der Waals surface area (Å²) in [6.45, 7) is 1.22. The summed E-state index contributed by atoms with van der Waals surface area (Å²) in [7, 11) is 0. The highest BCUT2D eigenvalue weighted by molar-refractivity contribution is 9.11. The first-order chi connectivity index (χ1) is 6.73. The molecule has 0 spiro atoms. The van der Waals surface area contributed by atoms with E-state index in [9.17, 15) is 18.0 Å². The van der Waals surface area contributed by atoms with Crippen molar-refractivity contribution in [1.29, 1.82) is 0 Å². The van der Waals surface area contributed by atoms with Crippen LogP contribution in [0.4, 0.5) is 13.2 Å². The first-order valence-corrected chi connectivity index (χ1v) is 5.39. The van der Waals surface area contributed by atoms with Crippen molar-refractivity contribution >= 4 is 37.6 Å². The second-order valence-corrected chi connectivity index (χ2v) is 4.57. The monoisotopic (exact) mass is 344 g/mol. The molecule has 0 radical (unpaired) electrons. The molecule has 0 unspecified atom stereocenters. The number of ketones is 1. The first-order valence-electron chi connectivity index (χ1n) is 3.80. The zero-order valence-corrected chi connectivity index (χ0v) is 10.6. The third-order valence-corrected chi connectivity index (χ3v) is 3.05. The van der Waals surface area contributed by atoms with Crippen LogP contribution in [-0.2, 0) is 6.18 Å². The van der Waals surface area contributed by atoms with Gasteiger partial charge in [0, 0.05) is 14.5 Å². The summed E-state index contributed by atoms with van der Waals surface area (Å²) in [5.74, 6) is -0.417. The average molecular weight is 346 g/mol. The van der Waals surface area contributed by atoms with Crippen molar-refractivity contribution in [3.8, 4) is 0 Å². The fourth-order valence-corrected chi connectivity index (χ4v) is 2.53. The number of halogens is 5. The maximum atomic E-state index is 12.5. The van der Waals surface area contributed by atoms with Gasteiger partial charge in [-0.25, -0.2) is 0 Å². The summed E-state index contributed by atoms with van der Waals surface area (Å²) in [5.41, 5.74) is -0.832. The highest BCUT2D eigenvalue weighted by Gasteiger charge is 2.34. The van der Waals surface area contributed by atoms with E-state index >= 15 is 0 Å². The highest BCUT2D eigenvalue weighted by atomic mass is 79.9. The van der Waals surface area contributed by atoms with E-state index in [-0.39, 0.29) is 10.0 Å². The maximum absolute atomic E-state index is 12.5. The van der Waals surface area contributed by atoms with Gasteiger partial charge >= 0.3 is 6.18 Å². The molecule has 1 nitrogen and oxygen atoms in total. The van der Waals surface area contributed by atoms with E-state index in [1.165, 1.54) is 13.0 Å². The van der Waals surface area contributed by atoms with Crippen molar-refractivity contribution in [2.45, 2.75) is 13.1 Å². The van der Waals surface area contributed by atoms with Crippen molar-refractivity contribution in [3.05, 3.63) is 32.2 Å². The smallest absolute Gasteiger partial charge is 0.294 e. The fourth-order valence-electron chi connectivity index (χ4n) is 1.04. The lowest BCUT2D eigenvalue weighted by atomic mass is 10.1. The third kappa shape index (κ3) is 2.81. The molecule has 0 aromatic heterocycles. The van der Waals surface area contributed by atoms with Crippen LogP contribution in [0, 0.1) is 0 Å². The molecule has 0 bridgehead atoms. The largest absolute Gasteiger partial charge is 0.417 e. The molecule has 0 aliphatic rings. The van der Waals surface area contributed by atoms with Gasteiger partial charge in [-0.15, -0.1) is 0 Å². The van der Waals surface area contributed by atoms with Gasteiger partial charge in [0.15, 0.2) is 5.78 Å². The molecule has 0 amide bonds. The molecule has 0 aliphatic heterocycles. The quantitative estimate of drug-likeness (QED) is 0.688. The van der Waals surface area contributed by atoms with Crippen LogP contribution >= 0.6 is 31.9 Å². The van der Waals surface area contributed by atoms with Gasteiger partial charge in [-0.1, -0.05) is 31.9 Å². The summed E-state index contributed by atoms with van der Waals surface area (Å²) < 4.78 is 37.7. The van der Waals surface area contributed by atoms with Gasteiger partial charge in [-0.3, -0.25) is 4.79 Å². The fraction of sp³-hybridized carbons (Fsp3) is 0.222. The van der Waals surface area contributed by atoms with E-state index in [0.717, 1.165) is 6.07 Å². The zero-order chi connectivity index (χ0) is 11.8. The van der Waals surface area contributed by atoms with Crippen molar-refractivity contribution in [1.82, 2.24) is 0 Å². The van der Waals surface area contributed by atoms with Gasteiger partial charge in [0.05, 0.1) is 5.56 Å². The Balaban J connectivity index is 3.43. The summed E-state index contributed by atoms with van der Waals surface area (Å²) in [6.07, 6.45) is -4.47. The molecule has 0 N–H and O–H groups in total. The van der Waals surface area contributed by atoms with Crippen LogP contribution in [0.5, 0.6) is 0 Å². The normalized spacial score (nSPS) is 11.6. The Morgan fingerprint density at radius 2 is 1.73 bits per heavy atom. The van der Waals surface area contributed by atoms with Crippen molar-refractivity contribution in [2.75, 3.05) is 0 Å². The van der Waals surface area contributed by atoms with Gasteiger partial charge < -0.3 is 0 Å². The summed E-state index contributed by atoms with van der Waals surface area (Å²) in [4.78, 5) is 11.0. The predicted molar refractivity (Wildman–Crippen MR) is 56.8 cm³/mol. The molecule has 0 atom stereocenters. The van der Waals surface area contributed by atoms with E-state index in [4.69, 9.17) is 0 Å². The standard InChI is InChI=1S/C9H5Br2F3O/c1-4(15)5-2-6(9(12,13)14)8(11)3-7(5)10/h2-3H,1H3. The van der Waals surface area contributed by atoms with E-state index in [2.05, 4.69) is 31.9 Å². The Morgan fingerprint density at radius 1 is 1.20 bits per heavy atom. The number of rotatable bonds is 1. The van der Waals surface area contributed by atoms with Crippen molar-refractivity contribution in [2.24, 2.45) is 0 Å². The minimum Gasteiger partial charge on any atom is -0.294 e. The lowest BCUT2D eigenvalue weighted by molar-refractivity contribution is -0.138. The number of carbonyl (C=O) groups excluding carboxylic acids is 1. The Hall–Kier alpha value is -0.360. The molecule has 6 heteroatoms. The number of Topliss-reactive ketones (excluding diaryl/α,β-unsaturated/α-hetero) is 1. The number of carbonyl (C=O) groups is 1. The van der Waals surface area contributed by atoms with Crippen LogP contribution in [0.1, 0.15) is 22.8 Å². The SMILES string of the molecule is CC(=O)c1cc(C(F)(F)F)c(Br)cc1Br. The number of hydrogen-bond donors (Lipinski definition) is 0. The van der Waals surface area contributed by atoms with E-state index in [1.807, 2.05) is 0 Å². The molecular weight excluding hydrogens is 341 g/mol. The van der Waals surface area contributed by atoms with E-state index < -0.39 is 17.5 Å². The Kier molecular flexibility index (Phi) is 3.60. The lowest BCUT2D eigenvalue weighted by Crippen LogP contribution is -2.08. The molecule has 0 saturated heterocycles. The third-order valence-electron chi connectivity index (χ3n) is 1.74. The van der Waals surface area contributed by atoms with Crippen molar-refractivity contribution in [3.63, 3.8) is 0 Å². The zero-order valence-electron chi connectivity index (χ0n) is 7.45. The second-order valence-electron chi connectivity index (χ2n) is 2.87.